The van der Waals surface area contributed by atoms with Crippen molar-refractivity contribution in [3.63, 3.8) is 0 Å². The van der Waals surface area contributed by atoms with Crippen LogP contribution in [-0.4, -0.2) is 0 Å². The molecular formula is C58H56Fe4. The number of hydrogen-bond acceptors (Lipinski definition) is 0. The Morgan fingerprint density at radius 3 is 1.31 bits per heavy atom. The van der Waals surface area contributed by atoms with Crippen molar-refractivity contribution in [2.24, 2.45) is 11.3 Å². The van der Waals surface area contributed by atoms with E-state index in [4.69, 9.17) is 0 Å². The summed E-state index contributed by atoms with van der Waals surface area (Å²) in [6.07, 6.45) is 93.3. The maximum atomic E-state index is 2.56. The topological polar surface area (TPSA) is 0 Å². The third kappa shape index (κ3) is 15.0. The van der Waals surface area contributed by atoms with Crippen molar-refractivity contribution < 1.29 is 68.3 Å². The molecule has 2 atom stereocenters. The average molecular weight is 976 g/mol. The van der Waals surface area contributed by atoms with Crippen LogP contribution in [0.25, 0.3) is 0 Å². The summed E-state index contributed by atoms with van der Waals surface area (Å²) in [5.41, 5.74) is 13.9. The first-order chi connectivity index (χ1) is 28.8. The van der Waals surface area contributed by atoms with Crippen LogP contribution in [0.4, 0.5) is 0 Å². The van der Waals surface area contributed by atoms with Crippen molar-refractivity contribution in [1.29, 1.82) is 0 Å². The Hall–Kier alpha value is -3.12. The number of allylic oxidation sites excluding steroid dienone is 40. The van der Waals surface area contributed by atoms with E-state index in [0.717, 1.165) is 0 Å². The van der Waals surface area contributed by atoms with Crippen molar-refractivity contribution in [3.8, 4) is 0 Å². The summed E-state index contributed by atoms with van der Waals surface area (Å²) in [6.45, 7) is 0. The van der Waals surface area contributed by atoms with Crippen LogP contribution in [0.5, 0.6) is 0 Å². The molecule has 62 heavy (non-hydrogen) atoms. The maximum Gasteiger partial charge on any atom is 0.0233 e. The molecule has 1 spiro atoms. The molecule has 0 amide bonds. The van der Waals surface area contributed by atoms with Crippen LogP contribution >= 0.6 is 0 Å². The van der Waals surface area contributed by atoms with Crippen LogP contribution in [0.1, 0.15) is 51.4 Å². The summed E-state index contributed by atoms with van der Waals surface area (Å²) < 4.78 is 0. The molecule has 0 aromatic heterocycles. The monoisotopic (exact) mass is 976 g/mol. The van der Waals surface area contributed by atoms with E-state index in [1.54, 1.807) is 27.9 Å². The van der Waals surface area contributed by atoms with E-state index in [9.17, 15) is 0 Å². The normalized spacial score (nSPS) is 26.0. The largest absolute Gasteiger partial charge is 0.0767 e. The van der Waals surface area contributed by atoms with Gasteiger partial charge < -0.3 is 0 Å². The first kappa shape index (κ1) is 53.2. The van der Waals surface area contributed by atoms with E-state index in [1.165, 1.54) is 73.7 Å². The Morgan fingerprint density at radius 2 is 0.871 bits per heavy atom. The van der Waals surface area contributed by atoms with E-state index in [0.29, 0.717) is 5.92 Å². The second-order valence-electron chi connectivity index (χ2n) is 15.3. The summed E-state index contributed by atoms with van der Waals surface area (Å²) >= 11 is 0. The Kier molecular flexibility index (Phi) is 25.2. The van der Waals surface area contributed by atoms with Gasteiger partial charge in [0.05, 0.1) is 0 Å². The van der Waals surface area contributed by atoms with Gasteiger partial charge in [0.15, 0.2) is 0 Å². The van der Waals surface area contributed by atoms with Gasteiger partial charge in [-0.3, -0.25) is 0 Å². The first-order valence-corrected chi connectivity index (χ1v) is 21.2. The Morgan fingerprint density at radius 1 is 0.387 bits per heavy atom. The van der Waals surface area contributed by atoms with Gasteiger partial charge in [0, 0.05) is 131 Å². The van der Waals surface area contributed by atoms with Crippen LogP contribution in [0, 0.1) is 62.7 Å². The van der Waals surface area contributed by atoms with Crippen molar-refractivity contribution in [2.45, 2.75) is 51.4 Å². The van der Waals surface area contributed by atoms with E-state index in [2.05, 4.69) is 117 Å². The number of hydrogen-bond donors (Lipinski definition) is 0. The van der Waals surface area contributed by atoms with Crippen LogP contribution in [0.15, 0.2) is 239 Å². The molecule has 0 N–H and O–H groups in total. The molecule has 11 rings (SSSR count). The molecule has 2 unspecified atom stereocenters. The molecule has 320 valence electrons. The quantitative estimate of drug-likeness (QED) is 0.246. The van der Waals surface area contributed by atoms with Gasteiger partial charge in [0.25, 0.3) is 0 Å². The summed E-state index contributed by atoms with van der Waals surface area (Å²) in [5.74, 6) is 0.410. The summed E-state index contributed by atoms with van der Waals surface area (Å²) in [6, 6.07) is 0. The predicted octanol–water partition coefficient (Wildman–Crippen LogP) is 14.9. The van der Waals surface area contributed by atoms with Crippen molar-refractivity contribution in [2.75, 3.05) is 0 Å². The van der Waals surface area contributed by atoms with Crippen LogP contribution in [0.2, 0.25) is 0 Å². The van der Waals surface area contributed by atoms with Gasteiger partial charge in [0.1, 0.15) is 0 Å². The molecule has 1 fully saturated rings. The molecule has 8 radical (unpaired) electrons. The summed E-state index contributed by atoms with van der Waals surface area (Å²) in [4.78, 5) is 0. The number of rotatable bonds is 4. The molecule has 11 aliphatic rings. The molecule has 0 saturated heterocycles. The fraction of sp³-hybridized carbons (Fsp3) is 0.172. The molecule has 0 nitrogen and oxygen atoms in total. The molecule has 0 aromatic carbocycles. The van der Waals surface area contributed by atoms with E-state index < -0.39 is 0 Å². The van der Waals surface area contributed by atoms with Crippen LogP contribution < -0.4 is 0 Å². The van der Waals surface area contributed by atoms with Gasteiger partial charge in [0.2, 0.25) is 0 Å². The zero-order valence-corrected chi connectivity index (χ0v) is 39.6. The Labute approximate surface area is 417 Å². The zero-order chi connectivity index (χ0) is 39.5. The van der Waals surface area contributed by atoms with Gasteiger partial charge in [-0.05, 0) is 79.2 Å². The second-order valence-corrected chi connectivity index (χ2v) is 15.3. The van der Waals surface area contributed by atoms with Crippen molar-refractivity contribution >= 4 is 0 Å². The molecule has 0 aliphatic heterocycles. The van der Waals surface area contributed by atoms with E-state index >= 15 is 0 Å². The average Bonchev–Trinajstić information content (AvgIpc) is 4.10. The minimum absolute atomic E-state index is 0. The molecule has 0 aromatic rings. The maximum absolute atomic E-state index is 2.56. The fourth-order valence-electron chi connectivity index (χ4n) is 9.16. The minimum atomic E-state index is 0. The van der Waals surface area contributed by atoms with Crippen LogP contribution in [0.3, 0.4) is 0 Å². The zero-order valence-electron chi connectivity index (χ0n) is 35.2. The van der Waals surface area contributed by atoms with E-state index in [1.807, 2.05) is 123 Å². The van der Waals surface area contributed by atoms with Crippen molar-refractivity contribution in [1.82, 2.24) is 0 Å². The third-order valence-electron chi connectivity index (χ3n) is 11.6. The second kappa shape index (κ2) is 29.3. The molecule has 4 heteroatoms. The van der Waals surface area contributed by atoms with Crippen LogP contribution in [-0.2, 0) is 68.3 Å². The molecule has 0 heterocycles. The van der Waals surface area contributed by atoms with Gasteiger partial charge in [-0.2, -0.15) is 0 Å². The van der Waals surface area contributed by atoms with Gasteiger partial charge >= 0.3 is 0 Å². The van der Waals surface area contributed by atoms with Gasteiger partial charge in [-0.25, -0.2) is 0 Å². The van der Waals surface area contributed by atoms with Crippen molar-refractivity contribution in [3.05, 3.63) is 290 Å². The standard InChI is InChI=1S/C38H36.4C5H5.4Fe/c1-2-12-28(11-1)25-32-19-9-22-36-35(32)23-24-38(37(36)31-17-7-8-18-31)33(26-29-13-3-4-14-29)20-10-21-34(38)27-30-15-5-6-16-30;4*1-2-4-5-3-1;;;;/h1-8,11-18,25-27,37H,9-10,19-24H2;4*1-5H;;;;/b32-25-,33-26+,34-27+;;;;;;;;. The van der Waals surface area contributed by atoms with Gasteiger partial charge in [-0.1, -0.05) is 211 Å². The van der Waals surface area contributed by atoms with E-state index in [-0.39, 0.29) is 73.7 Å². The summed E-state index contributed by atoms with van der Waals surface area (Å²) in [7, 11) is 0. The first-order valence-electron chi connectivity index (χ1n) is 21.2. The Bertz CT molecular complexity index is 2000. The minimum Gasteiger partial charge on any atom is -0.0767 e. The SMILES string of the molecule is [CH]1C=CC(/C=C2\CCC/C(=C\C3=CC=C[CH]3)C23CCC2=C(CCC/C2=C/C2=CC=C[CH]2)C3C2=CC=C[CH]2)=C1.[CH]1C=CC=C1.[CH]1C=CC=C1.[CH]1C=CC=C1.[CH]1C=CC=C1.[Fe].[Fe].[Fe].[Fe]. The summed E-state index contributed by atoms with van der Waals surface area (Å²) in [5, 5.41) is 0. The predicted molar refractivity (Wildman–Crippen MR) is 251 cm³/mol. The smallest absolute Gasteiger partial charge is 0.0233 e. The third-order valence-corrected chi connectivity index (χ3v) is 11.6. The van der Waals surface area contributed by atoms with Gasteiger partial charge in [-0.15, -0.1) is 0 Å². The molecular weight excluding hydrogens is 920 g/mol. The fourth-order valence-corrected chi connectivity index (χ4v) is 9.16. The molecule has 11 aliphatic carbocycles. The Balaban J connectivity index is 0.000000349. The molecule has 1 saturated carbocycles. The molecule has 0 bridgehead atoms.